The lowest BCUT2D eigenvalue weighted by Gasteiger charge is -2.21. The minimum Gasteiger partial charge on any atom is -0.332 e. The van der Waals surface area contributed by atoms with Crippen molar-refractivity contribution in [3.05, 3.63) is 59.9 Å². The SMILES string of the molecule is CC[C@H](NC(=O)N[C@H](C)c1cccc(NC(C)=O)c1)c1ccncc1. The zero-order valence-electron chi connectivity index (χ0n) is 14.7. The maximum atomic E-state index is 12.3. The highest BCUT2D eigenvalue weighted by Crippen LogP contribution is 2.18. The molecule has 0 aliphatic carbocycles. The minimum absolute atomic E-state index is 0.0686. The molecule has 6 heteroatoms. The smallest absolute Gasteiger partial charge is 0.315 e. The van der Waals surface area contributed by atoms with Crippen molar-refractivity contribution in [2.75, 3.05) is 5.32 Å². The predicted octanol–water partition coefficient (Wildman–Crippen LogP) is 3.55. The number of nitrogens with one attached hydrogen (secondary N) is 3. The molecule has 0 bridgehead atoms. The number of anilines is 1. The summed E-state index contributed by atoms with van der Waals surface area (Å²) in [4.78, 5) is 27.5. The monoisotopic (exact) mass is 340 g/mol. The van der Waals surface area contributed by atoms with Gasteiger partial charge >= 0.3 is 6.03 Å². The number of nitrogens with zero attached hydrogens (tertiary/aromatic N) is 1. The lowest BCUT2D eigenvalue weighted by atomic mass is 10.1. The molecule has 1 aromatic heterocycles. The molecule has 6 nitrogen and oxygen atoms in total. The Morgan fingerprint density at radius 2 is 1.80 bits per heavy atom. The molecular formula is C19H24N4O2. The third-order valence-corrected chi connectivity index (χ3v) is 3.88. The van der Waals surface area contributed by atoms with Crippen LogP contribution in [0.25, 0.3) is 0 Å². The van der Waals surface area contributed by atoms with Gasteiger partial charge in [-0.2, -0.15) is 0 Å². The van der Waals surface area contributed by atoms with E-state index in [0.717, 1.165) is 17.5 Å². The Balaban J connectivity index is 1.98. The summed E-state index contributed by atoms with van der Waals surface area (Å²) in [5, 5.41) is 8.66. The molecule has 0 spiro atoms. The van der Waals surface area contributed by atoms with Crippen molar-refractivity contribution in [2.24, 2.45) is 0 Å². The molecule has 0 aliphatic heterocycles. The number of urea groups is 1. The van der Waals surface area contributed by atoms with Gasteiger partial charge in [-0.3, -0.25) is 9.78 Å². The van der Waals surface area contributed by atoms with Gasteiger partial charge in [-0.05, 0) is 48.7 Å². The highest BCUT2D eigenvalue weighted by atomic mass is 16.2. The predicted molar refractivity (Wildman–Crippen MR) is 98.1 cm³/mol. The first-order valence-electron chi connectivity index (χ1n) is 8.34. The number of amides is 3. The van der Waals surface area contributed by atoms with E-state index < -0.39 is 0 Å². The lowest BCUT2D eigenvalue weighted by Crippen LogP contribution is -2.39. The van der Waals surface area contributed by atoms with Gasteiger partial charge in [0.1, 0.15) is 0 Å². The van der Waals surface area contributed by atoms with Crippen LogP contribution in [0.4, 0.5) is 10.5 Å². The molecule has 3 N–H and O–H groups in total. The Labute approximate surface area is 148 Å². The van der Waals surface area contributed by atoms with Crippen molar-refractivity contribution < 1.29 is 9.59 Å². The van der Waals surface area contributed by atoms with Gasteiger partial charge in [-0.15, -0.1) is 0 Å². The van der Waals surface area contributed by atoms with Crippen LogP contribution in [0.2, 0.25) is 0 Å². The quantitative estimate of drug-likeness (QED) is 0.752. The van der Waals surface area contributed by atoms with E-state index in [1.165, 1.54) is 6.92 Å². The second kappa shape index (κ2) is 8.82. The second-order valence-corrected chi connectivity index (χ2v) is 5.89. The molecule has 2 aromatic rings. The molecule has 0 fully saturated rings. The number of hydrogen-bond donors (Lipinski definition) is 3. The first-order chi connectivity index (χ1) is 12.0. The third-order valence-electron chi connectivity index (χ3n) is 3.88. The number of carbonyl (C=O) groups excluding carboxylic acids is 2. The molecule has 3 amide bonds. The summed E-state index contributed by atoms with van der Waals surface area (Å²) in [6.07, 6.45) is 4.21. The van der Waals surface area contributed by atoms with Gasteiger partial charge in [-0.1, -0.05) is 19.1 Å². The van der Waals surface area contributed by atoms with Gasteiger partial charge in [-0.25, -0.2) is 4.79 Å². The van der Waals surface area contributed by atoms with Crippen molar-refractivity contribution in [2.45, 2.75) is 39.3 Å². The molecule has 0 saturated heterocycles. The molecule has 2 atom stereocenters. The van der Waals surface area contributed by atoms with Crippen LogP contribution in [-0.2, 0) is 4.79 Å². The van der Waals surface area contributed by atoms with Gasteiger partial charge < -0.3 is 16.0 Å². The Morgan fingerprint density at radius 1 is 1.08 bits per heavy atom. The Bertz CT molecular complexity index is 718. The van der Waals surface area contributed by atoms with Crippen LogP contribution in [0.15, 0.2) is 48.8 Å². The first-order valence-corrected chi connectivity index (χ1v) is 8.34. The molecule has 0 saturated carbocycles. The highest BCUT2D eigenvalue weighted by molar-refractivity contribution is 5.88. The van der Waals surface area contributed by atoms with Crippen LogP contribution < -0.4 is 16.0 Å². The third kappa shape index (κ3) is 5.60. The number of pyridine rings is 1. The standard InChI is InChI=1S/C19H24N4O2/c1-4-18(15-8-10-20-11-9-15)23-19(25)21-13(2)16-6-5-7-17(12-16)22-14(3)24/h5-13,18H,4H2,1-3H3,(H,22,24)(H2,21,23,25)/t13-,18+/m1/s1. The Hall–Kier alpha value is -2.89. The molecular weight excluding hydrogens is 316 g/mol. The summed E-state index contributed by atoms with van der Waals surface area (Å²) in [6, 6.07) is 10.7. The van der Waals surface area contributed by atoms with Crippen LogP contribution in [-0.4, -0.2) is 16.9 Å². The molecule has 2 rings (SSSR count). The van der Waals surface area contributed by atoms with E-state index in [9.17, 15) is 9.59 Å². The average Bonchev–Trinajstić information content (AvgIpc) is 2.60. The van der Waals surface area contributed by atoms with E-state index in [1.807, 2.05) is 50.2 Å². The maximum absolute atomic E-state index is 12.3. The number of hydrogen-bond acceptors (Lipinski definition) is 3. The van der Waals surface area contributed by atoms with Crippen molar-refractivity contribution >= 4 is 17.6 Å². The largest absolute Gasteiger partial charge is 0.332 e. The molecule has 0 radical (unpaired) electrons. The summed E-state index contributed by atoms with van der Waals surface area (Å²) in [7, 11) is 0. The van der Waals surface area contributed by atoms with Crippen molar-refractivity contribution in [1.29, 1.82) is 0 Å². The van der Waals surface area contributed by atoms with E-state index in [4.69, 9.17) is 0 Å². The molecule has 25 heavy (non-hydrogen) atoms. The van der Waals surface area contributed by atoms with Crippen LogP contribution in [0.3, 0.4) is 0 Å². The first kappa shape index (κ1) is 18.4. The Kier molecular flexibility index (Phi) is 6.51. The van der Waals surface area contributed by atoms with Crippen LogP contribution in [0.1, 0.15) is 50.4 Å². The molecule has 1 aromatic carbocycles. The van der Waals surface area contributed by atoms with Gasteiger partial charge in [0.25, 0.3) is 0 Å². The van der Waals surface area contributed by atoms with Gasteiger partial charge in [0.05, 0.1) is 12.1 Å². The van der Waals surface area contributed by atoms with Gasteiger partial charge in [0, 0.05) is 25.0 Å². The lowest BCUT2D eigenvalue weighted by molar-refractivity contribution is -0.114. The number of aromatic nitrogens is 1. The summed E-state index contributed by atoms with van der Waals surface area (Å²) >= 11 is 0. The fourth-order valence-electron chi connectivity index (χ4n) is 2.59. The van der Waals surface area contributed by atoms with Crippen LogP contribution in [0.5, 0.6) is 0 Å². The molecule has 0 aliphatic rings. The zero-order valence-corrected chi connectivity index (χ0v) is 14.7. The Morgan fingerprint density at radius 3 is 2.44 bits per heavy atom. The minimum atomic E-state index is -0.235. The normalized spacial score (nSPS) is 12.8. The fraction of sp³-hybridized carbons (Fsp3) is 0.316. The van der Waals surface area contributed by atoms with E-state index in [-0.39, 0.29) is 24.0 Å². The summed E-state index contributed by atoms with van der Waals surface area (Å²) in [5.41, 5.74) is 2.65. The summed E-state index contributed by atoms with van der Waals surface area (Å²) < 4.78 is 0. The highest BCUT2D eigenvalue weighted by Gasteiger charge is 2.15. The number of carbonyl (C=O) groups is 2. The number of benzene rings is 1. The van der Waals surface area contributed by atoms with Crippen molar-refractivity contribution in [3.63, 3.8) is 0 Å². The van der Waals surface area contributed by atoms with Gasteiger partial charge in [0.15, 0.2) is 0 Å². The van der Waals surface area contributed by atoms with Gasteiger partial charge in [0.2, 0.25) is 5.91 Å². The van der Waals surface area contributed by atoms with E-state index >= 15 is 0 Å². The topological polar surface area (TPSA) is 83.1 Å². The van der Waals surface area contributed by atoms with Crippen LogP contribution in [0, 0.1) is 0 Å². The fourth-order valence-corrected chi connectivity index (χ4v) is 2.59. The second-order valence-electron chi connectivity index (χ2n) is 5.89. The molecule has 1 heterocycles. The molecule has 132 valence electrons. The summed E-state index contributed by atoms with van der Waals surface area (Å²) in [5.74, 6) is -0.126. The molecule has 0 unspecified atom stereocenters. The number of rotatable bonds is 6. The van der Waals surface area contributed by atoms with E-state index in [2.05, 4.69) is 20.9 Å². The van der Waals surface area contributed by atoms with Crippen molar-refractivity contribution in [3.8, 4) is 0 Å². The average molecular weight is 340 g/mol. The van der Waals surface area contributed by atoms with E-state index in [1.54, 1.807) is 12.4 Å². The van der Waals surface area contributed by atoms with Crippen molar-refractivity contribution in [1.82, 2.24) is 15.6 Å². The summed E-state index contributed by atoms with van der Waals surface area (Å²) in [6.45, 7) is 5.39. The van der Waals surface area contributed by atoms with E-state index in [0.29, 0.717) is 5.69 Å². The maximum Gasteiger partial charge on any atom is 0.315 e. The van der Waals surface area contributed by atoms with Crippen LogP contribution >= 0.6 is 0 Å². The zero-order chi connectivity index (χ0) is 18.2.